The molecule has 0 fully saturated rings. The molecule has 0 atom stereocenters. The van der Waals surface area contributed by atoms with Gasteiger partial charge in [0.25, 0.3) is 0 Å². The standard InChI is InChI=1S/C33H21N/c1-3-9-23-19(6-1)15-28-24(23)12-13-25-27-18-30-26-10-5-8-21-14-20-7-2-4-11-31(20)34(33(21)26)32(30)17-22(27)16-29(25)28/h1-13,17-18H,14-16H2. The van der Waals surface area contributed by atoms with Crippen molar-refractivity contribution in [2.24, 2.45) is 0 Å². The van der Waals surface area contributed by atoms with Crippen molar-refractivity contribution in [3.8, 4) is 27.9 Å². The third-order valence-electron chi connectivity index (χ3n) is 8.47. The molecule has 9 rings (SSSR count). The molecule has 0 amide bonds. The predicted molar refractivity (Wildman–Crippen MR) is 140 cm³/mol. The molecule has 34 heavy (non-hydrogen) atoms. The van der Waals surface area contributed by atoms with Gasteiger partial charge < -0.3 is 4.57 Å². The lowest BCUT2D eigenvalue weighted by atomic mass is 9.96. The normalized spacial score (nSPS) is 14.1. The maximum absolute atomic E-state index is 2.53. The lowest BCUT2D eigenvalue weighted by Crippen LogP contribution is -2.07. The van der Waals surface area contributed by atoms with Crippen molar-refractivity contribution >= 4 is 21.8 Å². The van der Waals surface area contributed by atoms with Crippen molar-refractivity contribution < 1.29 is 0 Å². The molecule has 0 unspecified atom stereocenters. The third-order valence-corrected chi connectivity index (χ3v) is 8.47. The average molecular weight is 432 g/mol. The molecule has 0 saturated heterocycles. The van der Waals surface area contributed by atoms with Crippen LogP contribution in [0.15, 0.2) is 91.0 Å². The fourth-order valence-electron chi connectivity index (χ4n) is 7.02. The summed E-state index contributed by atoms with van der Waals surface area (Å²) in [7, 11) is 0. The van der Waals surface area contributed by atoms with Gasteiger partial charge in [0, 0.05) is 22.9 Å². The summed E-state index contributed by atoms with van der Waals surface area (Å²) >= 11 is 0. The van der Waals surface area contributed by atoms with Crippen LogP contribution in [0.1, 0.15) is 33.4 Å². The van der Waals surface area contributed by atoms with E-state index in [1.54, 1.807) is 11.1 Å². The Morgan fingerprint density at radius 3 is 2.12 bits per heavy atom. The van der Waals surface area contributed by atoms with Crippen LogP contribution in [0, 0.1) is 0 Å². The summed E-state index contributed by atoms with van der Waals surface area (Å²) < 4.78 is 2.53. The predicted octanol–water partition coefficient (Wildman–Crippen LogP) is 7.83. The van der Waals surface area contributed by atoms with Gasteiger partial charge in [0.2, 0.25) is 0 Å². The summed E-state index contributed by atoms with van der Waals surface area (Å²) in [6, 6.07) is 34.4. The van der Waals surface area contributed by atoms with Crippen LogP contribution in [0.4, 0.5) is 0 Å². The minimum absolute atomic E-state index is 1.01. The molecule has 6 aromatic rings. The van der Waals surface area contributed by atoms with Crippen LogP contribution < -0.4 is 0 Å². The minimum Gasteiger partial charge on any atom is -0.309 e. The summed E-state index contributed by atoms with van der Waals surface area (Å²) in [6.45, 7) is 0. The molecule has 3 aliphatic rings. The Labute approximate surface area is 197 Å². The zero-order chi connectivity index (χ0) is 22.0. The Morgan fingerprint density at radius 1 is 0.471 bits per heavy atom. The average Bonchev–Trinajstić information content (AvgIpc) is 3.53. The molecule has 0 N–H and O–H groups in total. The molecule has 1 heteroatoms. The zero-order valence-electron chi connectivity index (χ0n) is 18.7. The molecule has 0 bridgehead atoms. The molecule has 0 saturated carbocycles. The highest BCUT2D eigenvalue weighted by molar-refractivity contribution is 6.13. The van der Waals surface area contributed by atoms with Gasteiger partial charge in [0.15, 0.2) is 0 Å². The van der Waals surface area contributed by atoms with Crippen molar-refractivity contribution in [3.63, 3.8) is 0 Å². The molecule has 0 spiro atoms. The Hall–Kier alpha value is -4.10. The first-order valence-corrected chi connectivity index (χ1v) is 12.3. The fraction of sp³-hybridized carbons (Fsp3) is 0.0909. The number of hydrogen-bond acceptors (Lipinski definition) is 0. The molecule has 0 radical (unpaired) electrons. The number of rotatable bonds is 0. The number of aromatic nitrogens is 1. The topological polar surface area (TPSA) is 4.93 Å². The van der Waals surface area contributed by atoms with Crippen molar-refractivity contribution in [1.29, 1.82) is 0 Å². The van der Waals surface area contributed by atoms with E-state index in [1.807, 2.05) is 0 Å². The van der Waals surface area contributed by atoms with Crippen LogP contribution in [-0.2, 0) is 19.3 Å². The summed E-state index contributed by atoms with van der Waals surface area (Å²) in [5, 5.41) is 2.76. The van der Waals surface area contributed by atoms with E-state index in [0.717, 1.165) is 19.3 Å². The number of para-hydroxylation sites is 2. The van der Waals surface area contributed by atoms with Crippen molar-refractivity contribution in [1.82, 2.24) is 4.57 Å². The number of nitrogens with zero attached hydrogens (tertiary/aromatic N) is 1. The SMILES string of the molecule is c1ccc2c(c1)Cc1c-2ccc2c1Cc1cc3c(cc1-2)c1cccc2c1n3-c1ccccc1C2. The molecule has 2 heterocycles. The van der Waals surface area contributed by atoms with E-state index in [0.29, 0.717) is 0 Å². The van der Waals surface area contributed by atoms with Gasteiger partial charge in [-0.1, -0.05) is 72.8 Å². The second-order valence-corrected chi connectivity index (χ2v) is 10.1. The number of fused-ring (bicyclic) bond motifs is 12. The fourth-order valence-corrected chi connectivity index (χ4v) is 7.02. The highest BCUT2D eigenvalue weighted by Crippen LogP contribution is 2.49. The van der Waals surface area contributed by atoms with E-state index in [2.05, 4.69) is 95.6 Å². The Balaban J connectivity index is 1.33. The lowest BCUT2D eigenvalue weighted by Gasteiger charge is -2.20. The number of hydrogen-bond donors (Lipinski definition) is 0. The quantitative estimate of drug-likeness (QED) is 0.231. The minimum atomic E-state index is 1.01. The monoisotopic (exact) mass is 431 g/mol. The highest BCUT2D eigenvalue weighted by Gasteiger charge is 2.29. The van der Waals surface area contributed by atoms with E-state index in [9.17, 15) is 0 Å². The molecule has 1 aliphatic heterocycles. The van der Waals surface area contributed by atoms with E-state index in [-0.39, 0.29) is 0 Å². The van der Waals surface area contributed by atoms with Crippen LogP contribution in [0.25, 0.3) is 49.7 Å². The van der Waals surface area contributed by atoms with Crippen molar-refractivity contribution in [2.75, 3.05) is 0 Å². The highest BCUT2D eigenvalue weighted by atomic mass is 15.0. The molecule has 5 aromatic carbocycles. The lowest BCUT2D eigenvalue weighted by molar-refractivity contribution is 1.04. The third kappa shape index (κ3) is 1.98. The maximum atomic E-state index is 2.53. The van der Waals surface area contributed by atoms with Gasteiger partial charge in [-0.25, -0.2) is 0 Å². The Bertz CT molecular complexity index is 1880. The Morgan fingerprint density at radius 2 is 1.21 bits per heavy atom. The van der Waals surface area contributed by atoms with Gasteiger partial charge in [-0.15, -0.1) is 0 Å². The summed E-state index contributed by atoms with van der Waals surface area (Å²) in [4.78, 5) is 0. The van der Waals surface area contributed by atoms with Gasteiger partial charge in [0.1, 0.15) is 0 Å². The van der Waals surface area contributed by atoms with Gasteiger partial charge in [-0.05, 0) is 86.7 Å². The second-order valence-electron chi connectivity index (χ2n) is 10.1. The van der Waals surface area contributed by atoms with Crippen molar-refractivity contribution in [2.45, 2.75) is 19.3 Å². The van der Waals surface area contributed by atoms with Gasteiger partial charge in [-0.2, -0.15) is 0 Å². The van der Waals surface area contributed by atoms with Crippen LogP contribution in [0.3, 0.4) is 0 Å². The van der Waals surface area contributed by atoms with Crippen LogP contribution in [-0.4, -0.2) is 4.57 Å². The summed E-state index contributed by atoms with van der Waals surface area (Å²) in [5.74, 6) is 0. The molecular weight excluding hydrogens is 410 g/mol. The van der Waals surface area contributed by atoms with Crippen molar-refractivity contribution in [3.05, 3.63) is 124 Å². The molecule has 2 aliphatic carbocycles. The molecule has 158 valence electrons. The first-order chi connectivity index (χ1) is 16.8. The van der Waals surface area contributed by atoms with Crippen LogP contribution >= 0.6 is 0 Å². The van der Waals surface area contributed by atoms with Gasteiger partial charge >= 0.3 is 0 Å². The largest absolute Gasteiger partial charge is 0.309 e. The van der Waals surface area contributed by atoms with Crippen LogP contribution in [0.5, 0.6) is 0 Å². The van der Waals surface area contributed by atoms with E-state index < -0.39 is 0 Å². The maximum Gasteiger partial charge on any atom is 0.0576 e. The Kier molecular flexibility index (Phi) is 3.00. The van der Waals surface area contributed by atoms with Gasteiger partial charge in [0.05, 0.1) is 11.0 Å². The first-order valence-electron chi connectivity index (χ1n) is 12.3. The van der Waals surface area contributed by atoms with Crippen LogP contribution in [0.2, 0.25) is 0 Å². The van der Waals surface area contributed by atoms with E-state index >= 15 is 0 Å². The zero-order valence-corrected chi connectivity index (χ0v) is 18.7. The summed E-state index contributed by atoms with van der Waals surface area (Å²) in [5.41, 5.74) is 18.7. The smallest absolute Gasteiger partial charge is 0.0576 e. The number of benzene rings is 5. The van der Waals surface area contributed by atoms with E-state index in [4.69, 9.17) is 0 Å². The molecular formula is C33H21N. The molecule has 1 nitrogen and oxygen atoms in total. The second kappa shape index (κ2) is 5.87. The first kappa shape index (κ1) is 17.4. The van der Waals surface area contributed by atoms with E-state index in [1.165, 1.54) is 72.0 Å². The molecule has 1 aromatic heterocycles. The summed E-state index contributed by atoms with van der Waals surface area (Å²) in [6.07, 6.45) is 3.11. The van der Waals surface area contributed by atoms with Gasteiger partial charge in [-0.3, -0.25) is 0 Å².